The molecule has 1 aromatic carbocycles. The van der Waals surface area contributed by atoms with Crippen LogP contribution in [0, 0.1) is 12.7 Å². The Kier molecular flexibility index (Phi) is 3.37. The average Bonchev–Trinajstić information content (AvgIpc) is 2.34. The second-order valence-corrected chi connectivity index (χ2v) is 3.95. The molecule has 18 heavy (non-hydrogen) atoms. The Morgan fingerprint density at radius 1 is 1.28 bits per heavy atom. The van der Waals surface area contributed by atoms with Crippen molar-refractivity contribution in [3.05, 3.63) is 53.5 Å². The van der Waals surface area contributed by atoms with Gasteiger partial charge in [-0.3, -0.25) is 4.79 Å². The molecule has 0 spiro atoms. The number of hydrogen-bond donors (Lipinski definition) is 0. The minimum Gasteiger partial charge on any atom is -0.439 e. The van der Waals surface area contributed by atoms with Crippen LogP contribution in [0.2, 0.25) is 0 Å². The van der Waals surface area contributed by atoms with Crippen LogP contribution in [0.5, 0.6) is 11.6 Å². The molecule has 0 saturated carbocycles. The number of aryl methyl sites for hydroxylation is 1. The fraction of sp³-hybridized carbons (Fsp3) is 0.143. The van der Waals surface area contributed by atoms with E-state index in [9.17, 15) is 9.18 Å². The molecule has 4 heteroatoms. The van der Waals surface area contributed by atoms with Crippen LogP contribution in [0.25, 0.3) is 0 Å². The number of pyridine rings is 1. The molecule has 0 amide bonds. The Hall–Kier alpha value is -2.23. The van der Waals surface area contributed by atoms with Gasteiger partial charge in [-0.25, -0.2) is 9.37 Å². The average molecular weight is 245 g/mol. The Morgan fingerprint density at radius 3 is 2.72 bits per heavy atom. The van der Waals surface area contributed by atoms with Gasteiger partial charge in [-0.15, -0.1) is 0 Å². The smallest absolute Gasteiger partial charge is 0.219 e. The zero-order chi connectivity index (χ0) is 13.1. The van der Waals surface area contributed by atoms with Gasteiger partial charge in [0.1, 0.15) is 11.6 Å². The molecule has 0 unspecified atom stereocenters. The van der Waals surface area contributed by atoms with Gasteiger partial charge in [0.05, 0.1) is 0 Å². The first kappa shape index (κ1) is 12.2. The van der Waals surface area contributed by atoms with Gasteiger partial charge in [-0.2, -0.15) is 0 Å². The van der Waals surface area contributed by atoms with Gasteiger partial charge in [-0.1, -0.05) is 0 Å². The van der Waals surface area contributed by atoms with Crippen LogP contribution in [-0.4, -0.2) is 10.8 Å². The van der Waals surface area contributed by atoms with E-state index < -0.39 is 0 Å². The molecule has 2 aromatic rings. The summed E-state index contributed by atoms with van der Waals surface area (Å²) in [6.07, 6.45) is 1.50. The zero-order valence-corrected chi connectivity index (χ0v) is 10.1. The minimum atomic E-state index is -0.284. The predicted molar refractivity (Wildman–Crippen MR) is 65.5 cm³/mol. The molecular formula is C14H12FNO2. The van der Waals surface area contributed by atoms with Crippen molar-refractivity contribution in [1.29, 1.82) is 0 Å². The summed E-state index contributed by atoms with van der Waals surface area (Å²) >= 11 is 0. The topological polar surface area (TPSA) is 39.2 Å². The number of carbonyl (C=O) groups is 1. The number of Topliss-reactive ketones (excluding diaryl/α,β-unsaturated/α-hetero) is 1. The molecule has 2 rings (SSSR count). The van der Waals surface area contributed by atoms with Crippen LogP contribution in [0.1, 0.15) is 22.8 Å². The highest BCUT2D eigenvalue weighted by atomic mass is 19.1. The van der Waals surface area contributed by atoms with Crippen molar-refractivity contribution >= 4 is 5.78 Å². The van der Waals surface area contributed by atoms with Gasteiger partial charge >= 0.3 is 0 Å². The number of aromatic nitrogens is 1. The summed E-state index contributed by atoms with van der Waals surface area (Å²) in [6.45, 7) is 3.13. The van der Waals surface area contributed by atoms with E-state index in [1.165, 1.54) is 25.3 Å². The van der Waals surface area contributed by atoms with Crippen molar-refractivity contribution in [2.24, 2.45) is 0 Å². The second-order valence-electron chi connectivity index (χ2n) is 3.95. The molecule has 0 radical (unpaired) electrons. The van der Waals surface area contributed by atoms with E-state index >= 15 is 0 Å². The van der Waals surface area contributed by atoms with E-state index in [-0.39, 0.29) is 11.6 Å². The predicted octanol–water partition coefficient (Wildman–Crippen LogP) is 3.52. The maximum Gasteiger partial charge on any atom is 0.219 e. The van der Waals surface area contributed by atoms with Gasteiger partial charge in [0, 0.05) is 17.8 Å². The molecule has 3 nitrogen and oxygen atoms in total. The first-order valence-electron chi connectivity index (χ1n) is 5.47. The first-order valence-corrected chi connectivity index (χ1v) is 5.47. The summed E-state index contributed by atoms with van der Waals surface area (Å²) < 4.78 is 18.6. The molecule has 0 saturated heterocycles. The second kappa shape index (κ2) is 4.96. The van der Waals surface area contributed by atoms with Crippen LogP contribution >= 0.6 is 0 Å². The van der Waals surface area contributed by atoms with E-state index in [1.54, 1.807) is 25.1 Å². The molecule has 1 aromatic heterocycles. The van der Waals surface area contributed by atoms with Gasteiger partial charge in [0.15, 0.2) is 5.78 Å². The van der Waals surface area contributed by atoms with Gasteiger partial charge in [0.2, 0.25) is 5.88 Å². The third kappa shape index (κ3) is 2.71. The van der Waals surface area contributed by atoms with Gasteiger partial charge < -0.3 is 4.74 Å². The SMILES string of the molecule is CC(=O)c1ccnc(Oc2ccc(F)c(C)c2)c1. The monoisotopic (exact) mass is 245 g/mol. The maximum atomic E-state index is 13.1. The summed E-state index contributed by atoms with van der Waals surface area (Å²) in [5.41, 5.74) is 1.02. The van der Waals surface area contributed by atoms with Crippen LogP contribution < -0.4 is 4.74 Å². The van der Waals surface area contributed by atoms with Gasteiger partial charge in [-0.05, 0) is 43.7 Å². The van der Waals surface area contributed by atoms with Crippen molar-refractivity contribution in [1.82, 2.24) is 4.98 Å². The number of ether oxygens (including phenoxy) is 1. The molecular weight excluding hydrogens is 233 g/mol. The molecule has 1 heterocycles. The largest absolute Gasteiger partial charge is 0.439 e. The summed E-state index contributed by atoms with van der Waals surface area (Å²) in [7, 11) is 0. The highest BCUT2D eigenvalue weighted by Gasteiger charge is 2.05. The molecule has 0 aliphatic heterocycles. The van der Waals surface area contributed by atoms with Crippen molar-refractivity contribution in [2.45, 2.75) is 13.8 Å². The van der Waals surface area contributed by atoms with Crippen LogP contribution in [-0.2, 0) is 0 Å². The van der Waals surface area contributed by atoms with Crippen molar-refractivity contribution < 1.29 is 13.9 Å². The third-order valence-electron chi connectivity index (χ3n) is 2.49. The lowest BCUT2D eigenvalue weighted by molar-refractivity contribution is 0.101. The Balaban J connectivity index is 2.25. The minimum absolute atomic E-state index is 0.0578. The fourth-order valence-corrected chi connectivity index (χ4v) is 1.49. The number of nitrogens with zero attached hydrogens (tertiary/aromatic N) is 1. The Bertz CT molecular complexity index is 596. The molecule has 0 N–H and O–H groups in total. The van der Waals surface area contributed by atoms with Gasteiger partial charge in [0.25, 0.3) is 0 Å². The van der Waals surface area contributed by atoms with E-state index in [0.29, 0.717) is 22.8 Å². The Morgan fingerprint density at radius 2 is 2.06 bits per heavy atom. The number of benzene rings is 1. The number of halogens is 1. The van der Waals surface area contributed by atoms with Crippen LogP contribution in [0.3, 0.4) is 0 Å². The molecule has 92 valence electrons. The lowest BCUT2D eigenvalue weighted by Crippen LogP contribution is -1.95. The lowest BCUT2D eigenvalue weighted by atomic mass is 10.2. The van der Waals surface area contributed by atoms with E-state index in [4.69, 9.17) is 4.74 Å². The van der Waals surface area contributed by atoms with Crippen molar-refractivity contribution in [3.63, 3.8) is 0 Å². The lowest BCUT2D eigenvalue weighted by Gasteiger charge is -2.06. The quantitative estimate of drug-likeness (QED) is 0.776. The van der Waals surface area contributed by atoms with Crippen LogP contribution in [0.15, 0.2) is 36.5 Å². The number of carbonyl (C=O) groups excluding carboxylic acids is 1. The van der Waals surface area contributed by atoms with E-state index in [0.717, 1.165) is 0 Å². The van der Waals surface area contributed by atoms with E-state index in [1.807, 2.05) is 0 Å². The molecule has 0 bridgehead atoms. The number of hydrogen-bond acceptors (Lipinski definition) is 3. The maximum absolute atomic E-state index is 13.1. The zero-order valence-electron chi connectivity index (χ0n) is 10.1. The molecule has 0 aliphatic rings. The molecule has 0 atom stereocenters. The standard InChI is InChI=1S/C14H12FNO2/c1-9-7-12(3-4-13(9)15)18-14-8-11(10(2)17)5-6-16-14/h3-8H,1-2H3. The highest BCUT2D eigenvalue weighted by Crippen LogP contribution is 2.22. The third-order valence-corrected chi connectivity index (χ3v) is 2.49. The van der Waals surface area contributed by atoms with Crippen molar-refractivity contribution in [3.8, 4) is 11.6 Å². The summed E-state index contributed by atoms with van der Waals surface area (Å²) in [5, 5.41) is 0. The first-order chi connectivity index (χ1) is 8.56. The summed E-state index contributed by atoms with van der Waals surface area (Å²) in [6, 6.07) is 7.60. The Labute approximate surface area is 104 Å². The summed E-state index contributed by atoms with van der Waals surface area (Å²) in [4.78, 5) is 15.2. The summed E-state index contributed by atoms with van der Waals surface area (Å²) in [5.74, 6) is 0.459. The number of rotatable bonds is 3. The van der Waals surface area contributed by atoms with Crippen molar-refractivity contribution in [2.75, 3.05) is 0 Å². The normalized spacial score (nSPS) is 10.2. The van der Waals surface area contributed by atoms with Crippen LogP contribution in [0.4, 0.5) is 4.39 Å². The fourth-order valence-electron chi connectivity index (χ4n) is 1.49. The number of ketones is 1. The van der Waals surface area contributed by atoms with E-state index in [2.05, 4.69) is 4.98 Å². The molecule has 0 fully saturated rings. The highest BCUT2D eigenvalue weighted by molar-refractivity contribution is 5.94. The molecule has 0 aliphatic carbocycles.